The molecule has 1 heterocycles. The molecule has 0 bridgehead atoms. The first kappa shape index (κ1) is 24.7. The van der Waals surface area contributed by atoms with Gasteiger partial charge >= 0.3 is 0 Å². The van der Waals surface area contributed by atoms with Crippen LogP contribution in [0.1, 0.15) is 25.0 Å². The highest BCUT2D eigenvalue weighted by molar-refractivity contribution is 7.89. The standard InChI is InChI=1S/C23H31ClN4O3S/c1-3-27-12-14-28(15-13-27)17-20-7-5-4-6-19(20)16-25-23(29)18(2)26-32(30,31)22-10-8-21(24)9-11-22/h4-11,18,26H,3,12-17H2,1-2H3,(H,25,29)/t18-/m0/s1. The zero-order valence-corrected chi connectivity index (χ0v) is 20.1. The van der Waals surface area contributed by atoms with Crippen molar-refractivity contribution in [2.24, 2.45) is 0 Å². The molecule has 9 heteroatoms. The number of hydrogen-bond donors (Lipinski definition) is 2. The van der Waals surface area contributed by atoms with Gasteiger partial charge in [0.2, 0.25) is 15.9 Å². The van der Waals surface area contributed by atoms with Gasteiger partial charge in [-0.2, -0.15) is 4.72 Å². The zero-order chi connectivity index (χ0) is 23.1. The molecule has 0 aromatic heterocycles. The predicted octanol–water partition coefficient (Wildman–Crippen LogP) is 2.46. The van der Waals surface area contributed by atoms with Crippen LogP contribution < -0.4 is 10.0 Å². The highest BCUT2D eigenvalue weighted by Gasteiger charge is 2.22. The monoisotopic (exact) mass is 478 g/mol. The topological polar surface area (TPSA) is 81.8 Å². The highest BCUT2D eigenvalue weighted by Crippen LogP contribution is 2.15. The third-order valence-corrected chi connectivity index (χ3v) is 7.54. The minimum absolute atomic E-state index is 0.0649. The summed E-state index contributed by atoms with van der Waals surface area (Å²) < 4.78 is 27.4. The molecule has 7 nitrogen and oxygen atoms in total. The van der Waals surface area contributed by atoms with Gasteiger partial charge in [-0.05, 0) is 48.9 Å². The lowest BCUT2D eigenvalue weighted by atomic mass is 10.1. The molecule has 0 spiro atoms. The van der Waals surface area contributed by atoms with E-state index in [-0.39, 0.29) is 10.8 Å². The molecule has 0 unspecified atom stereocenters. The second-order valence-electron chi connectivity index (χ2n) is 7.99. The van der Waals surface area contributed by atoms with Crippen LogP contribution in [0.2, 0.25) is 5.02 Å². The SMILES string of the molecule is CCN1CCN(Cc2ccccc2CNC(=O)[C@H](C)NS(=O)(=O)c2ccc(Cl)cc2)CC1. The van der Waals surface area contributed by atoms with Crippen LogP contribution in [0.15, 0.2) is 53.4 Å². The summed E-state index contributed by atoms with van der Waals surface area (Å²) in [5, 5.41) is 3.31. The summed E-state index contributed by atoms with van der Waals surface area (Å²) in [6.07, 6.45) is 0. The van der Waals surface area contributed by atoms with Crippen LogP contribution in [-0.4, -0.2) is 62.9 Å². The van der Waals surface area contributed by atoms with Gasteiger partial charge in [-0.25, -0.2) is 8.42 Å². The van der Waals surface area contributed by atoms with Crippen LogP contribution in [-0.2, 0) is 27.9 Å². The molecule has 0 saturated carbocycles. The third-order valence-electron chi connectivity index (χ3n) is 5.73. The Bertz CT molecular complexity index is 1010. The molecule has 1 amide bonds. The van der Waals surface area contributed by atoms with E-state index in [0.29, 0.717) is 11.6 Å². The second kappa shape index (κ2) is 11.2. The molecule has 174 valence electrons. The molecule has 0 radical (unpaired) electrons. The first-order valence-corrected chi connectivity index (χ1v) is 12.7. The van der Waals surface area contributed by atoms with E-state index in [1.807, 2.05) is 18.2 Å². The minimum Gasteiger partial charge on any atom is -0.351 e. The van der Waals surface area contributed by atoms with Crippen molar-refractivity contribution in [1.29, 1.82) is 0 Å². The normalized spacial score (nSPS) is 16.6. The van der Waals surface area contributed by atoms with Crippen LogP contribution >= 0.6 is 11.6 Å². The number of rotatable bonds is 9. The molecule has 1 aliphatic rings. The van der Waals surface area contributed by atoms with E-state index < -0.39 is 16.1 Å². The van der Waals surface area contributed by atoms with E-state index >= 15 is 0 Å². The number of halogens is 1. The van der Waals surface area contributed by atoms with E-state index in [2.05, 4.69) is 32.8 Å². The fourth-order valence-corrected chi connectivity index (χ4v) is 5.02. The summed E-state index contributed by atoms with van der Waals surface area (Å²) in [4.78, 5) is 17.5. The Morgan fingerprint density at radius 2 is 1.59 bits per heavy atom. The summed E-state index contributed by atoms with van der Waals surface area (Å²) in [6.45, 7) is 10.2. The van der Waals surface area contributed by atoms with E-state index in [4.69, 9.17) is 11.6 Å². The van der Waals surface area contributed by atoms with Gasteiger partial charge in [0.25, 0.3) is 0 Å². The number of nitrogens with one attached hydrogen (secondary N) is 2. The van der Waals surface area contributed by atoms with Gasteiger partial charge in [-0.15, -0.1) is 0 Å². The molecule has 2 N–H and O–H groups in total. The first-order valence-electron chi connectivity index (χ1n) is 10.9. The summed E-state index contributed by atoms with van der Waals surface area (Å²) >= 11 is 5.82. The number of likely N-dealkylation sites (N-methyl/N-ethyl adjacent to an activating group) is 1. The Balaban J connectivity index is 1.56. The number of hydrogen-bond acceptors (Lipinski definition) is 5. The fourth-order valence-electron chi connectivity index (χ4n) is 3.69. The van der Waals surface area contributed by atoms with Gasteiger partial charge in [0, 0.05) is 44.3 Å². The maximum absolute atomic E-state index is 12.6. The van der Waals surface area contributed by atoms with E-state index in [1.54, 1.807) is 0 Å². The van der Waals surface area contributed by atoms with Crippen LogP contribution in [0.3, 0.4) is 0 Å². The second-order valence-corrected chi connectivity index (χ2v) is 10.1. The zero-order valence-electron chi connectivity index (χ0n) is 18.6. The lowest BCUT2D eigenvalue weighted by Crippen LogP contribution is -2.46. The largest absolute Gasteiger partial charge is 0.351 e. The van der Waals surface area contributed by atoms with E-state index in [0.717, 1.165) is 44.8 Å². The van der Waals surface area contributed by atoms with E-state index in [9.17, 15) is 13.2 Å². The minimum atomic E-state index is -3.82. The Labute approximate surface area is 195 Å². The maximum atomic E-state index is 12.6. The number of sulfonamides is 1. The Hall–Kier alpha value is -1.97. The van der Waals surface area contributed by atoms with Crippen molar-refractivity contribution in [3.05, 3.63) is 64.7 Å². The molecule has 32 heavy (non-hydrogen) atoms. The molecule has 0 aliphatic carbocycles. The predicted molar refractivity (Wildman–Crippen MR) is 127 cm³/mol. The van der Waals surface area contributed by atoms with Crippen molar-refractivity contribution in [3.8, 4) is 0 Å². The van der Waals surface area contributed by atoms with Crippen molar-refractivity contribution in [2.45, 2.75) is 37.9 Å². The Kier molecular flexibility index (Phi) is 8.67. The van der Waals surface area contributed by atoms with Crippen molar-refractivity contribution < 1.29 is 13.2 Å². The number of carbonyl (C=O) groups is 1. The van der Waals surface area contributed by atoms with Crippen LogP contribution in [0.25, 0.3) is 0 Å². The van der Waals surface area contributed by atoms with Crippen molar-refractivity contribution in [1.82, 2.24) is 19.8 Å². The number of amides is 1. The fraction of sp³-hybridized carbons (Fsp3) is 0.435. The molecular weight excluding hydrogens is 448 g/mol. The molecular formula is C23H31ClN4O3S. The average Bonchev–Trinajstić information content (AvgIpc) is 2.78. The summed E-state index contributed by atoms with van der Waals surface area (Å²) in [6, 6.07) is 12.9. The molecule has 1 aliphatic heterocycles. The van der Waals surface area contributed by atoms with Crippen LogP contribution in [0, 0.1) is 0 Å². The molecule has 1 saturated heterocycles. The summed E-state index contributed by atoms with van der Waals surface area (Å²) in [5.41, 5.74) is 2.21. The molecule has 2 aromatic carbocycles. The van der Waals surface area contributed by atoms with Gasteiger partial charge < -0.3 is 10.2 Å². The average molecular weight is 479 g/mol. The quantitative estimate of drug-likeness (QED) is 0.578. The molecule has 3 rings (SSSR count). The van der Waals surface area contributed by atoms with Crippen molar-refractivity contribution in [3.63, 3.8) is 0 Å². The van der Waals surface area contributed by atoms with E-state index in [1.165, 1.54) is 36.8 Å². The lowest BCUT2D eigenvalue weighted by molar-refractivity contribution is -0.122. The third kappa shape index (κ3) is 6.76. The van der Waals surface area contributed by atoms with Gasteiger partial charge in [0.05, 0.1) is 10.9 Å². The summed E-state index contributed by atoms with van der Waals surface area (Å²) in [5.74, 6) is -0.381. The molecule has 1 fully saturated rings. The Morgan fingerprint density at radius 1 is 1.00 bits per heavy atom. The lowest BCUT2D eigenvalue weighted by Gasteiger charge is -2.34. The summed E-state index contributed by atoms with van der Waals surface area (Å²) in [7, 11) is -3.82. The van der Waals surface area contributed by atoms with Gasteiger partial charge in [0.15, 0.2) is 0 Å². The molecule has 2 aromatic rings. The van der Waals surface area contributed by atoms with Gasteiger partial charge in [-0.1, -0.05) is 42.8 Å². The highest BCUT2D eigenvalue weighted by atomic mass is 35.5. The first-order chi connectivity index (χ1) is 15.3. The van der Waals surface area contributed by atoms with Crippen molar-refractivity contribution >= 4 is 27.5 Å². The number of benzene rings is 2. The number of piperazine rings is 1. The number of carbonyl (C=O) groups excluding carboxylic acids is 1. The van der Waals surface area contributed by atoms with Gasteiger partial charge in [-0.3, -0.25) is 9.69 Å². The van der Waals surface area contributed by atoms with Crippen LogP contribution in [0.4, 0.5) is 0 Å². The van der Waals surface area contributed by atoms with Gasteiger partial charge in [0.1, 0.15) is 0 Å². The smallest absolute Gasteiger partial charge is 0.241 e. The Morgan fingerprint density at radius 3 is 2.22 bits per heavy atom. The molecule has 1 atom stereocenters. The van der Waals surface area contributed by atoms with Crippen LogP contribution in [0.5, 0.6) is 0 Å². The number of nitrogens with zero attached hydrogens (tertiary/aromatic N) is 2. The van der Waals surface area contributed by atoms with Crippen molar-refractivity contribution in [2.75, 3.05) is 32.7 Å². The maximum Gasteiger partial charge on any atom is 0.241 e.